The summed E-state index contributed by atoms with van der Waals surface area (Å²) in [6.07, 6.45) is 0.899. The molecule has 4 nitrogen and oxygen atoms in total. The molecular weight excluding hydrogens is 384 g/mol. The first-order valence-electron chi connectivity index (χ1n) is 9.04. The average molecular weight is 407 g/mol. The Kier molecular flexibility index (Phi) is 7.99. The summed E-state index contributed by atoms with van der Waals surface area (Å²) in [4.78, 5) is 24.6. The van der Waals surface area contributed by atoms with Crippen molar-refractivity contribution in [2.24, 2.45) is 0 Å². The number of halogens is 2. The number of ether oxygens (including phenoxy) is 1. The van der Waals surface area contributed by atoms with E-state index in [1.807, 2.05) is 6.92 Å². The van der Waals surface area contributed by atoms with Gasteiger partial charge in [-0.15, -0.1) is 11.8 Å². The van der Waals surface area contributed by atoms with Gasteiger partial charge in [0.1, 0.15) is 16.9 Å². The topological polar surface area (TPSA) is 55.4 Å². The normalized spacial score (nSPS) is 11.9. The summed E-state index contributed by atoms with van der Waals surface area (Å²) >= 11 is 0.968. The smallest absolute Gasteiger partial charge is 0.319 e. The van der Waals surface area contributed by atoms with Crippen molar-refractivity contribution in [1.29, 1.82) is 0 Å². The van der Waals surface area contributed by atoms with Crippen molar-refractivity contribution >= 4 is 29.3 Å². The van der Waals surface area contributed by atoms with E-state index in [1.165, 1.54) is 6.07 Å². The lowest BCUT2D eigenvalue weighted by Crippen LogP contribution is -2.23. The fraction of sp³-hybridized carbons (Fsp3) is 0.333. The zero-order valence-corrected chi connectivity index (χ0v) is 16.8. The predicted octanol–water partition coefficient (Wildman–Crippen LogP) is 5.43. The summed E-state index contributed by atoms with van der Waals surface area (Å²) in [5, 5.41) is 1.83. The van der Waals surface area contributed by atoms with Crippen molar-refractivity contribution < 1.29 is 23.1 Å². The SMILES string of the molecule is CCCC(Sc1cc(NC(=O)c2ccccc2)c(F)cc1F)C(=O)OC(C)C. The molecule has 28 heavy (non-hydrogen) atoms. The van der Waals surface area contributed by atoms with E-state index in [-0.39, 0.29) is 16.7 Å². The van der Waals surface area contributed by atoms with Gasteiger partial charge in [-0.25, -0.2) is 8.78 Å². The van der Waals surface area contributed by atoms with Crippen LogP contribution >= 0.6 is 11.8 Å². The van der Waals surface area contributed by atoms with E-state index in [9.17, 15) is 18.4 Å². The Labute approximate surface area is 167 Å². The van der Waals surface area contributed by atoms with Crippen LogP contribution in [-0.4, -0.2) is 23.2 Å². The van der Waals surface area contributed by atoms with Gasteiger partial charge in [-0.05, 0) is 38.5 Å². The molecule has 0 fully saturated rings. The molecule has 2 rings (SSSR count). The van der Waals surface area contributed by atoms with Crippen LogP contribution in [0.2, 0.25) is 0 Å². The lowest BCUT2D eigenvalue weighted by molar-refractivity contribution is -0.146. The third-order valence-corrected chi connectivity index (χ3v) is 5.02. The second-order valence-electron chi connectivity index (χ2n) is 6.46. The molecule has 1 unspecified atom stereocenters. The van der Waals surface area contributed by atoms with Gasteiger partial charge < -0.3 is 10.1 Å². The molecule has 0 aliphatic heterocycles. The molecule has 0 radical (unpaired) electrons. The Morgan fingerprint density at radius 2 is 1.79 bits per heavy atom. The highest BCUT2D eigenvalue weighted by atomic mass is 32.2. The van der Waals surface area contributed by atoms with Gasteiger partial charge in [0.2, 0.25) is 0 Å². The van der Waals surface area contributed by atoms with Gasteiger partial charge in [-0.1, -0.05) is 31.5 Å². The third kappa shape index (κ3) is 6.05. The Balaban J connectivity index is 2.23. The van der Waals surface area contributed by atoms with E-state index in [1.54, 1.807) is 44.2 Å². The molecule has 0 aliphatic rings. The van der Waals surface area contributed by atoms with Gasteiger partial charge in [0.15, 0.2) is 0 Å². The van der Waals surface area contributed by atoms with Gasteiger partial charge in [0.25, 0.3) is 5.91 Å². The van der Waals surface area contributed by atoms with E-state index in [2.05, 4.69) is 5.32 Å². The van der Waals surface area contributed by atoms with Gasteiger partial charge >= 0.3 is 5.97 Å². The quantitative estimate of drug-likeness (QED) is 0.468. The summed E-state index contributed by atoms with van der Waals surface area (Å²) in [6.45, 7) is 5.38. The van der Waals surface area contributed by atoms with Crippen LogP contribution in [0.15, 0.2) is 47.4 Å². The molecule has 2 aromatic rings. The Morgan fingerprint density at radius 3 is 2.39 bits per heavy atom. The van der Waals surface area contributed by atoms with Crippen LogP contribution in [0.4, 0.5) is 14.5 Å². The number of carbonyl (C=O) groups is 2. The van der Waals surface area contributed by atoms with Gasteiger partial charge in [0.05, 0.1) is 11.8 Å². The first-order valence-corrected chi connectivity index (χ1v) is 9.92. The molecule has 0 heterocycles. The Hall–Kier alpha value is -2.41. The van der Waals surface area contributed by atoms with Crippen molar-refractivity contribution in [3.63, 3.8) is 0 Å². The largest absolute Gasteiger partial charge is 0.462 e. The highest BCUT2D eigenvalue weighted by Gasteiger charge is 2.24. The number of thioether (sulfide) groups is 1. The van der Waals surface area contributed by atoms with E-state index in [0.717, 1.165) is 11.8 Å². The third-order valence-electron chi connectivity index (χ3n) is 3.74. The van der Waals surface area contributed by atoms with Crippen molar-refractivity contribution in [3.8, 4) is 0 Å². The number of hydrogen-bond acceptors (Lipinski definition) is 4. The van der Waals surface area contributed by atoms with Gasteiger partial charge in [-0.2, -0.15) is 0 Å². The van der Waals surface area contributed by atoms with E-state index in [0.29, 0.717) is 24.5 Å². The lowest BCUT2D eigenvalue weighted by Gasteiger charge is -2.18. The van der Waals surface area contributed by atoms with Crippen molar-refractivity contribution in [1.82, 2.24) is 0 Å². The lowest BCUT2D eigenvalue weighted by atomic mass is 10.2. The second kappa shape index (κ2) is 10.2. The summed E-state index contributed by atoms with van der Waals surface area (Å²) in [5.41, 5.74) is 0.204. The number of nitrogens with one attached hydrogen (secondary N) is 1. The molecule has 1 atom stereocenters. The summed E-state index contributed by atoms with van der Waals surface area (Å²) in [6, 6.07) is 10.2. The average Bonchev–Trinajstić information content (AvgIpc) is 2.65. The first kappa shape index (κ1) is 21.9. The second-order valence-corrected chi connectivity index (χ2v) is 7.71. The molecular formula is C21H23F2NO3S. The zero-order valence-electron chi connectivity index (χ0n) is 16.0. The molecule has 7 heteroatoms. The van der Waals surface area contributed by atoms with E-state index < -0.39 is 28.8 Å². The minimum Gasteiger partial charge on any atom is -0.462 e. The molecule has 0 saturated carbocycles. The number of benzene rings is 2. The molecule has 0 spiro atoms. The molecule has 0 bridgehead atoms. The minimum atomic E-state index is -0.886. The number of hydrogen-bond donors (Lipinski definition) is 1. The first-order chi connectivity index (χ1) is 13.3. The Bertz CT molecular complexity index is 828. The molecule has 2 aromatic carbocycles. The predicted molar refractivity (Wildman–Crippen MR) is 107 cm³/mol. The molecule has 0 saturated heterocycles. The number of esters is 1. The monoisotopic (exact) mass is 407 g/mol. The fourth-order valence-corrected chi connectivity index (χ4v) is 3.62. The maximum Gasteiger partial charge on any atom is 0.319 e. The summed E-state index contributed by atoms with van der Waals surface area (Å²) in [7, 11) is 0. The van der Waals surface area contributed by atoms with Crippen LogP contribution in [0.25, 0.3) is 0 Å². The van der Waals surface area contributed by atoms with Gasteiger partial charge in [-0.3, -0.25) is 9.59 Å². The van der Waals surface area contributed by atoms with Crippen molar-refractivity contribution in [2.45, 2.75) is 49.9 Å². The molecule has 0 aromatic heterocycles. The van der Waals surface area contributed by atoms with Crippen LogP contribution in [0.5, 0.6) is 0 Å². The molecule has 1 amide bonds. The maximum absolute atomic E-state index is 14.3. The summed E-state index contributed by atoms with van der Waals surface area (Å²) in [5.74, 6) is -2.63. The number of anilines is 1. The number of rotatable bonds is 8. The van der Waals surface area contributed by atoms with Gasteiger partial charge in [0, 0.05) is 16.5 Å². The molecule has 0 aliphatic carbocycles. The van der Waals surface area contributed by atoms with Crippen LogP contribution in [-0.2, 0) is 9.53 Å². The zero-order chi connectivity index (χ0) is 20.7. The highest BCUT2D eigenvalue weighted by Crippen LogP contribution is 2.33. The van der Waals surface area contributed by atoms with Crippen LogP contribution in [0, 0.1) is 11.6 Å². The van der Waals surface area contributed by atoms with Crippen LogP contribution in [0.3, 0.4) is 0 Å². The van der Waals surface area contributed by atoms with Crippen LogP contribution in [0.1, 0.15) is 44.0 Å². The number of amides is 1. The van der Waals surface area contributed by atoms with Crippen LogP contribution < -0.4 is 5.32 Å². The fourth-order valence-electron chi connectivity index (χ4n) is 2.45. The molecule has 150 valence electrons. The maximum atomic E-state index is 14.3. The van der Waals surface area contributed by atoms with E-state index >= 15 is 0 Å². The van der Waals surface area contributed by atoms with Crippen molar-refractivity contribution in [3.05, 3.63) is 59.7 Å². The van der Waals surface area contributed by atoms with Crippen molar-refractivity contribution in [2.75, 3.05) is 5.32 Å². The minimum absolute atomic E-state index is 0.0731. The number of carbonyl (C=O) groups excluding carboxylic acids is 2. The Morgan fingerprint density at radius 1 is 1.11 bits per heavy atom. The van der Waals surface area contributed by atoms with E-state index in [4.69, 9.17) is 4.74 Å². The standard InChI is InChI=1S/C21H23F2NO3S/c1-4-8-18(21(26)27-13(2)3)28-19-12-17(15(22)11-16(19)23)24-20(25)14-9-6-5-7-10-14/h5-7,9-13,18H,4,8H2,1-3H3,(H,24,25). The molecule has 1 N–H and O–H groups in total. The summed E-state index contributed by atoms with van der Waals surface area (Å²) < 4.78 is 33.7. The highest BCUT2D eigenvalue weighted by molar-refractivity contribution is 8.00.